The summed E-state index contributed by atoms with van der Waals surface area (Å²) in [5.74, 6) is -0.314. The molecule has 0 aliphatic carbocycles. The largest absolute Gasteiger partial charge is 0.484 e. The van der Waals surface area contributed by atoms with Gasteiger partial charge in [-0.1, -0.05) is 55.8 Å². The van der Waals surface area contributed by atoms with Crippen molar-refractivity contribution in [3.05, 3.63) is 99.4 Å². The second kappa shape index (κ2) is 13.8. The molecule has 0 radical (unpaired) electrons. The third-order valence-electron chi connectivity index (χ3n) is 5.54. The first-order chi connectivity index (χ1) is 17.0. The van der Waals surface area contributed by atoms with Gasteiger partial charge in [0.15, 0.2) is 6.61 Å². The number of carbonyl (C=O) groups excluding carboxylic acids is 2. The van der Waals surface area contributed by atoms with Crippen molar-refractivity contribution in [2.45, 2.75) is 38.8 Å². The fraction of sp³-hybridized carbons (Fsp3) is 0.286. The summed E-state index contributed by atoms with van der Waals surface area (Å²) in [5.41, 5.74) is 1.67. The molecule has 3 aromatic rings. The quantitative estimate of drug-likeness (QED) is 0.229. The summed E-state index contributed by atoms with van der Waals surface area (Å²) in [7, 11) is 0. The van der Waals surface area contributed by atoms with E-state index < -0.39 is 6.04 Å². The van der Waals surface area contributed by atoms with Crippen LogP contribution in [0.1, 0.15) is 30.9 Å². The number of nitrogens with one attached hydrogen (secondary N) is 1. The molecule has 5 nitrogen and oxygen atoms in total. The maximum Gasteiger partial charge on any atom is 0.261 e. The maximum absolute atomic E-state index is 13.5. The van der Waals surface area contributed by atoms with E-state index in [0.29, 0.717) is 18.7 Å². The average molecular weight is 588 g/mol. The van der Waals surface area contributed by atoms with E-state index in [1.165, 1.54) is 17.0 Å². The molecule has 0 saturated carbocycles. The Hall–Kier alpha value is -2.94. The summed E-state index contributed by atoms with van der Waals surface area (Å²) in [6, 6.07) is 22.2. The first-order valence-corrected chi connectivity index (χ1v) is 12.8. The van der Waals surface area contributed by atoms with Gasteiger partial charge < -0.3 is 15.0 Å². The van der Waals surface area contributed by atoms with Crippen LogP contribution in [0.5, 0.6) is 5.75 Å². The van der Waals surface area contributed by atoms with Crippen LogP contribution in [0.3, 0.4) is 0 Å². The molecular weight excluding hydrogens is 558 g/mol. The summed E-state index contributed by atoms with van der Waals surface area (Å²) in [6.45, 7) is 2.54. The smallest absolute Gasteiger partial charge is 0.261 e. The lowest BCUT2D eigenvalue weighted by molar-refractivity contribution is -0.142. The number of amides is 2. The van der Waals surface area contributed by atoms with Gasteiger partial charge in [0.2, 0.25) is 5.91 Å². The van der Waals surface area contributed by atoms with Gasteiger partial charge in [0.1, 0.15) is 17.6 Å². The zero-order chi connectivity index (χ0) is 25.0. The number of hydrogen-bond acceptors (Lipinski definition) is 3. The highest BCUT2D eigenvalue weighted by Crippen LogP contribution is 2.17. The molecule has 0 aliphatic heterocycles. The van der Waals surface area contributed by atoms with Crippen molar-refractivity contribution in [1.29, 1.82) is 0 Å². The molecule has 0 bridgehead atoms. The zero-order valence-corrected chi connectivity index (χ0v) is 21.9. The SMILES string of the molecule is CCCCNC(=O)C(Cc1ccccc1)N(Cc1ccc(F)cc1)C(=O)COc1ccc(I)cc1. The highest BCUT2D eigenvalue weighted by atomic mass is 127. The number of carbonyl (C=O) groups is 2. The van der Waals surface area contributed by atoms with E-state index in [1.54, 1.807) is 24.3 Å². The lowest BCUT2D eigenvalue weighted by atomic mass is 10.0. The molecule has 35 heavy (non-hydrogen) atoms. The van der Waals surface area contributed by atoms with Gasteiger partial charge in [0.05, 0.1) is 0 Å². The van der Waals surface area contributed by atoms with E-state index in [-0.39, 0.29) is 30.8 Å². The lowest BCUT2D eigenvalue weighted by Crippen LogP contribution is -2.51. The van der Waals surface area contributed by atoms with Crippen molar-refractivity contribution in [3.8, 4) is 5.75 Å². The zero-order valence-electron chi connectivity index (χ0n) is 19.8. The molecule has 0 aliphatic rings. The Kier molecular flexibility index (Phi) is 10.5. The molecule has 0 saturated heterocycles. The number of benzene rings is 3. The van der Waals surface area contributed by atoms with Crippen LogP contribution in [-0.4, -0.2) is 35.9 Å². The van der Waals surface area contributed by atoms with Crippen LogP contribution in [0.15, 0.2) is 78.9 Å². The summed E-state index contributed by atoms with van der Waals surface area (Å²) in [6.07, 6.45) is 2.16. The van der Waals surface area contributed by atoms with Gasteiger partial charge in [0.25, 0.3) is 5.91 Å². The summed E-state index contributed by atoms with van der Waals surface area (Å²) < 4.78 is 20.3. The fourth-order valence-electron chi connectivity index (χ4n) is 3.61. The third kappa shape index (κ3) is 8.65. The van der Waals surface area contributed by atoms with E-state index in [0.717, 1.165) is 27.5 Å². The highest BCUT2D eigenvalue weighted by molar-refractivity contribution is 14.1. The molecule has 0 heterocycles. The van der Waals surface area contributed by atoms with Crippen LogP contribution in [0, 0.1) is 9.39 Å². The predicted octanol–water partition coefficient (Wildman–Crippen LogP) is 5.37. The van der Waals surface area contributed by atoms with Crippen LogP contribution < -0.4 is 10.1 Å². The van der Waals surface area contributed by atoms with Gasteiger partial charge >= 0.3 is 0 Å². The molecule has 2 amide bonds. The Balaban J connectivity index is 1.86. The summed E-state index contributed by atoms with van der Waals surface area (Å²) in [5, 5.41) is 2.98. The minimum atomic E-state index is -0.743. The van der Waals surface area contributed by atoms with Crippen molar-refractivity contribution in [2.75, 3.05) is 13.2 Å². The van der Waals surface area contributed by atoms with Gasteiger partial charge in [-0.05, 0) is 76.5 Å². The number of halogens is 2. The molecule has 3 aromatic carbocycles. The van der Waals surface area contributed by atoms with Crippen LogP contribution >= 0.6 is 22.6 Å². The Morgan fingerprint density at radius 3 is 2.31 bits per heavy atom. The van der Waals surface area contributed by atoms with Crippen molar-refractivity contribution in [3.63, 3.8) is 0 Å². The molecule has 7 heteroatoms. The minimum absolute atomic E-state index is 0.161. The second-order valence-electron chi connectivity index (χ2n) is 8.24. The van der Waals surface area contributed by atoms with E-state index in [2.05, 4.69) is 34.8 Å². The molecule has 3 rings (SSSR count). The maximum atomic E-state index is 13.5. The number of rotatable bonds is 12. The Labute approximate surface area is 219 Å². The molecule has 0 spiro atoms. The number of hydrogen-bond donors (Lipinski definition) is 1. The van der Waals surface area contributed by atoms with E-state index in [9.17, 15) is 14.0 Å². The molecule has 184 valence electrons. The first kappa shape index (κ1) is 26.7. The number of ether oxygens (including phenoxy) is 1. The molecule has 1 atom stereocenters. The molecule has 1 N–H and O–H groups in total. The standard InChI is InChI=1S/C28H30FIN2O3/c1-2-3-17-31-28(34)26(18-21-7-5-4-6-8-21)32(19-22-9-11-23(29)12-10-22)27(33)20-35-25-15-13-24(30)14-16-25/h4-16,26H,2-3,17-20H2,1H3,(H,31,34). The van der Waals surface area contributed by atoms with Gasteiger partial charge in [-0.2, -0.15) is 0 Å². The van der Waals surface area contributed by atoms with Gasteiger partial charge in [0, 0.05) is 23.1 Å². The third-order valence-corrected chi connectivity index (χ3v) is 6.26. The topological polar surface area (TPSA) is 58.6 Å². The minimum Gasteiger partial charge on any atom is -0.484 e. The summed E-state index contributed by atoms with van der Waals surface area (Å²) in [4.78, 5) is 28.3. The normalized spacial score (nSPS) is 11.5. The fourth-order valence-corrected chi connectivity index (χ4v) is 3.97. The Morgan fingerprint density at radius 1 is 0.971 bits per heavy atom. The average Bonchev–Trinajstić information content (AvgIpc) is 2.87. The van der Waals surface area contributed by atoms with Crippen LogP contribution in [0.4, 0.5) is 4.39 Å². The van der Waals surface area contributed by atoms with Crippen molar-refractivity contribution in [1.82, 2.24) is 10.2 Å². The van der Waals surface area contributed by atoms with Crippen molar-refractivity contribution < 1.29 is 18.7 Å². The summed E-state index contributed by atoms with van der Waals surface area (Å²) >= 11 is 2.20. The monoisotopic (exact) mass is 588 g/mol. The van der Waals surface area contributed by atoms with E-state index in [4.69, 9.17) is 4.74 Å². The molecular formula is C28H30FIN2O3. The molecule has 0 fully saturated rings. The van der Waals surface area contributed by atoms with Gasteiger partial charge in [-0.15, -0.1) is 0 Å². The van der Waals surface area contributed by atoms with E-state index >= 15 is 0 Å². The molecule has 1 unspecified atom stereocenters. The van der Waals surface area contributed by atoms with E-state index in [1.807, 2.05) is 42.5 Å². The first-order valence-electron chi connectivity index (χ1n) is 11.7. The lowest BCUT2D eigenvalue weighted by Gasteiger charge is -2.31. The number of nitrogens with zero attached hydrogens (tertiary/aromatic N) is 1. The van der Waals surface area contributed by atoms with Crippen molar-refractivity contribution >= 4 is 34.4 Å². The Morgan fingerprint density at radius 2 is 1.66 bits per heavy atom. The predicted molar refractivity (Wildman–Crippen MR) is 143 cm³/mol. The molecule has 0 aromatic heterocycles. The van der Waals surface area contributed by atoms with Crippen LogP contribution in [0.2, 0.25) is 0 Å². The van der Waals surface area contributed by atoms with Crippen LogP contribution in [-0.2, 0) is 22.6 Å². The van der Waals surface area contributed by atoms with Gasteiger partial charge in [-0.3, -0.25) is 9.59 Å². The van der Waals surface area contributed by atoms with Crippen molar-refractivity contribution in [2.24, 2.45) is 0 Å². The Bertz CT molecular complexity index is 1080. The van der Waals surface area contributed by atoms with Crippen LogP contribution in [0.25, 0.3) is 0 Å². The number of unbranched alkanes of at least 4 members (excludes halogenated alkanes) is 1. The van der Waals surface area contributed by atoms with Gasteiger partial charge in [-0.25, -0.2) is 4.39 Å². The second-order valence-corrected chi connectivity index (χ2v) is 9.49. The highest BCUT2D eigenvalue weighted by Gasteiger charge is 2.30.